The van der Waals surface area contributed by atoms with Gasteiger partial charge in [-0.2, -0.15) is 0 Å². The zero-order valence-electron chi connectivity index (χ0n) is 16.0. The standard InChI is InChI=1S/C18H26N4O5.ClH/c1-13(21-17(24)14-4-3-5-15(10-14)22(25)26)16(23)20-11-18(12-27-2)6-8-19-9-7-18;/h3-5,10,13,19H,6-9,11-12H2,1-2H3,(H,20,23)(H,21,24);1H. The molecule has 2 rings (SSSR count). The maximum absolute atomic E-state index is 12.4. The third-order valence-electron chi connectivity index (χ3n) is 4.81. The molecule has 1 heterocycles. The minimum absolute atomic E-state index is 0. The molecule has 9 nitrogen and oxygen atoms in total. The molecular formula is C18H27ClN4O5. The molecule has 0 aliphatic carbocycles. The second kappa shape index (κ2) is 10.9. The molecule has 0 spiro atoms. The Morgan fingerprint density at radius 1 is 1.36 bits per heavy atom. The third kappa shape index (κ3) is 6.43. The molecule has 1 aliphatic rings. The normalized spacial score (nSPS) is 16.4. The SMILES string of the molecule is COCC1(CNC(=O)C(C)NC(=O)c2cccc([N+](=O)[O-])c2)CCNCC1.Cl. The number of amides is 2. The molecule has 0 saturated carbocycles. The van der Waals surface area contributed by atoms with Crippen LogP contribution in [0.3, 0.4) is 0 Å². The molecule has 0 aromatic heterocycles. The Bertz CT molecular complexity index is 689. The first kappa shape index (κ1) is 23.8. The van der Waals surface area contributed by atoms with E-state index in [1.54, 1.807) is 14.0 Å². The van der Waals surface area contributed by atoms with Gasteiger partial charge in [-0.1, -0.05) is 6.07 Å². The molecule has 3 N–H and O–H groups in total. The van der Waals surface area contributed by atoms with Crippen molar-refractivity contribution in [2.75, 3.05) is 33.4 Å². The van der Waals surface area contributed by atoms with E-state index < -0.39 is 16.9 Å². The number of hydrogen-bond acceptors (Lipinski definition) is 6. The van der Waals surface area contributed by atoms with Crippen molar-refractivity contribution in [1.29, 1.82) is 0 Å². The van der Waals surface area contributed by atoms with Gasteiger partial charge in [0.05, 0.1) is 11.5 Å². The average molecular weight is 415 g/mol. The number of nitro groups is 1. The molecule has 10 heteroatoms. The van der Waals surface area contributed by atoms with Crippen LogP contribution in [0.25, 0.3) is 0 Å². The number of hydrogen-bond donors (Lipinski definition) is 3. The highest BCUT2D eigenvalue weighted by atomic mass is 35.5. The predicted molar refractivity (Wildman–Crippen MR) is 107 cm³/mol. The van der Waals surface area contributed by atoms with Crippen LogP contribution in [0, 0.1) is 15.5 Å². The number of halogens is 1. The summed E-state index contributed by atoms with van der Waals surface area (Å²) in [7, 11) is 1.65. The van der Waals surface area contributed by atoms with Crippen molar-refractivity contribution in [3.8, 4) is 0 Å². The Hall–Kier alpha value is -2.23. The third-order valence-corrected chi connectivity index (χ3v) is 4.81. The van der Waals surface area contributed by atoms with E-state index in [-0.39, 0.29) is 35.0 Å². The van der Waals surface area contributed by atoms with Crippen molar-refractivity contribution in [1.82, 2.24) is 16.0 Å². The van der Waals surface area contributed by atoms with Crippen LogP contribution in [-0.4, -0.2) is 56.1 Å². The Morgan fingerprint density at radius 3 is 2.64 bits per heavy atom. The number of nitrogens with one attached hydrogen (secondary N) is 3. The summed E-state index contributed by atoms with van der Waals surface area (Å²) >= 11 is 0. The molecule has 0 bridgehead atoms. The Labute approximate surface area is 170 Å². The number of nitrogens with zero attached hydrogens (tertiary/aromatic N) is 1. The lowest BCUT2D eigenvalue weighted by Crippen LogP contribution is -2.51. The first-order chi connectivity index (χ1) is 12.9. The summed E-state index contributed by atoms with van der Waals surface area (Å²) in [5.74, 6) is -0.836. The number of ether oxygens (including phenoxy) is 1. The number of piperidine rings is 1. The molecule has 28 heavy (non-hydrogen) atoms. The van der Waals surface area contributed by atoms with Gasteiger partial charge in [0.25, 0.3) is 11.6 Å². The Morgan fingerprint density at radius 2 is 2.04 bits per heavy atom. The van der Waals surface area contributed by atoms with E-state index in [4.69, 9.17) is 4.74 Å². The average Bonchev–Trinajstić information content (AvgIpc) is 2.67. The van der Waals surface area contributed by atoms with Crippen molar-refractivity contribution in [3.05, 3.63) is 39.9 Å². The number of rotatable bonds is 8. The smallest absolute Gasteiger partial charge is 0.270 e. The Kier molecular flexibility index (Phi) is 9.30. The van der Waals surface area contributed by atoms with Gasteiger partial charge in [-0.25, -0.2) is 0 Å². The van der Waals surface area contributed by atoms with Crippen LogP contribution in [0.2, 0.25) is 0 Å². The van der Waals surface area contributed by atoms with Gasteiger partial charge in [0, 0.05) is 36.8 Å². The number of nitro benzene ring substituents is 1. The van der Waals surface area contributed by atoms with Crippen molar-refractivity contribution in [2.24, 2.45) is 5.41 Å². The molecule has 156 valence electrons. The minimum Gasteiger partial charge on any atom is -0.384 e. The summed E-state index contributed by atoms with van der Waals surface area (Å²) in [6.07, 6.45) is 1.80. The number of carbonyl (C=O) groups excluding carboxylic acids is 2. The van der Waals surface area contributed by atoms with Gasteiger partial charge in [-0.15, -0.1) is 12.4 Å². The van der Waals surface area contributed by atoms with Crippen LogP contribution < -0.4 is 16.0 Å². The van der Waals surface area contributed by atoms with Crippen LogP contribution in [0.15, 0.2) is 24.3 Å². The van der Waals surface area contributed by atoms with Crippen molar-refractivity contribution >= 4 is 29.9 Å². The number of benzene rings is 1. The lowest BCUT2D eigenvalue weighted by atomic mass is 9.79. The van der Waals surface area contributed by atoms with Crippen molar-refractivity contribution in [3.63, 3.8) is 0 Å². The molecule has 1 fully saturated rings. The highest BCUT2D eigenvalue weighted by molar-refractivity contribution is 5.97. The summed E-state index contributed by atoms with van der Waals surface area (Å²) in [5.41, 5.74) is -0.149. The fraction of sp³-hybridized carbons (Fsp3) is 0.556. The van der Waals surface area contributed by atoms with E-state index >= 15 is 0 Å². The zero-order chi connectivity index (χ0) is 19.9. The van der Waals surface area contributed by atoms with E-state index in [9.17, 15) is 19.7 Å². The quantitative estimate of drug-likeness (QED) is 0.435. The second-order valence-electron chi connectivity index (χ2n) is 6.90. The summed E-state index contributed by atoms with van der Waals surface area (Å²) in [4.78, 5) is 34.9. The molecule has 1 unspecified atom stereocenters. The number of methoxy groups -OCH3 is 1. The zero-order valence-corrected chi connectivity index (χ0v) is 16.8. The van der Waals surface area contributed by atoms with Gasteiger partial charge in [0.1, 0.15) is 6.04 Å². The molecule has 1 atom stereocenters. The maximum Gasteiger partial charge on any atom is 0.270 e. The molecule has 0 radical (unpaired) electrons. The molecule has 1 aliphatic heterocycles. The van der Waals surface area contributed by atoms with Crippen LogP contribution in [0.5, 0.6) is 0 Å². The lowest BCUT2D eigenvalue weighted by molar-refractivity contribution is -0.384. The van der Waals surface area contributed by atoms with E-state index in [2.05, 4.69) is 16.0 Å². The van der Waals surface area contributed by atoms with Crippen LogP contribution in [-0.2, 0) is 9.53 Å². The molecular weight excluding hydrogens is 388 g/mol. The topological polar surface area (TPSA) is 123 Å². The van der Waals surface area contributed by atoms with Crippen LogP contribution >= 0.6 is 12.4 Å². The summed E-state index contributed by atoms with van der Waals surface area (Å²) in [6.45, 7) is 4.36. The monoisotopic (exact) mass is 414 g/mol. The van der Waals surface area contributed by atoms with E-state index in [0.717, 1.165) is 25.9 Å². The van der Waals surface area contributed by atoms with Gasteiger partial charge in [-0.3, -0.25) is 19.7 Å². The molecule has 1 aromatic carbocycles. The maximum atomic E-state index is 12.4. The number of non-ortho nitro benzene ring substituents is 1. The highest BCUT2D eigenvalue weighted by Gasteiger charge is 2.33. The van der Waals surface area contributed by atoms with Crippen molar-refractivity contribution < 1.29 is 19.2 Å². The molecule has 1 saturated heterocycles. The lowest BCUT2D eigenvalue weighted by Gasteiger charge is -2.37. The predicted octanol–water partition coefficient (Wildman–Crippen LogP) is 1.27. The van der Waals surface area contributed by atoms with Gasteiger partial charge >= 0.3 is 0 Å². The van der Waals surface area contributed by atoms with Crippen LogP contribution in [0.1, 0.15) is 30.1 Å². The van der Waals surface area contributed by atoms with E-state index in [1.807, 2.05) is 0 Å². The van der Waals surface area contributed by atoms with E-state index in [1.165, 1.54) is 24.3 Å². The Balaban J connectivity index is 0.00000392. The van der Waals surface area contributed by atoms with Gasteiger partial charge < -0.3 is 20.7 Å². The molecule has 1 aromatic rings. The first-order valence-electron chi connectivity index (χ1n) is 8.89. The molecule has 2 amide bonds. The first-order valence-corrected chi connectivity index (χ1v) is 8.89. The minimum atomic E-state index is -0.766. The van der Waals surface area contributed by atoms with E-state index in [0.29, 0.717) is 13.2 Å². The van der Waals surface area contributed by atoms with Gasteiger partial charge in [0.15, 0.2) is 0 Å². The highest BCUT2D eigenvalue weighted by Crippen LogP contribution is 2.28. The second-order valence-corrected chi connectivity index (χ2v) is 6.90. The van der Waals surface area contributed by atoms with Gasteiger partial charge in [0.2, 0.25) is 5.91 Å². The largest absolute Gasteiger partial charge is 0.384 e. The summed E-state index contributed by atoms with van der Waals surface area (Å²) in [5, 5.41) is 19.6. The van der Waals surface area contributed by atoms with Crippen LogP contribution in [0.4, 0.5) is 5.69 Å². The number of carbonyl (C=O) groups is 2. The fourth-order valence-corrected chi connectivity index (χ4v) is 3.17. The van der Waals surface area contributed by atoms with Crippen molar-refractivity contribution in [2.45, 2.75) is 25.8 Å². The van der Waals surface area contributed by atoms with Gasteiger partial charge in [-0.05, 0) is 38.9 Å². The fourth-order valence-electron chi connectivity index (χ4n) is 3.17. The summed E-state index contributed by atoms with van der Waals surface area (Å²) in [6, 6.07) is 4.63. The summed E-state index contributed by atoms with van der Waals surface area (Å²) < 4.78 is 5.33.